The molecule has 8 aromatic carbocycles. The summed E-state index contributed by atoms with van der Waals surface area (Å²) >= 11 is 1.91. The fraction of sp³-hybridized carbons (Fsp3) is 0.0204. The highest BCUT2D eigenvalue weighted by Gasteiger charge is 2.30. The van der Waals surface area contributed by atoms with Crippen LogP contribution >= 0.6 is 11.3 Å². The third-order valence-corrected chi connectivity index (χ3v) is 12.1. The van der Waals surface area contributed by atoms with Crippen LogP contribution in [0.4, 0.5) is 0 Å². The number of benzene rings is 8. The molecule has 0 bridgehead atoms. The summed E-state index contributed by atoms with van der Waals surface area (Å²) in [5.41, 5.74) is 15.3. The first-order chi connectivity index (χ1) is 25.3. The van der Waals surface area contributed by atoms with Crippen molar-refractivity contribution in [3.63, 3.8) is 0 Å². The fourth-order valence-electron chi connectivity index (χ4n) is 8.59. The average molecular weight is 666 g/mol. The van der Waals surface area contributed by atoms with Gasteiger partial charge in [0.2, 0.25) is 0 Å². The zero-order valence-electron chi connectivity index (χ0n) is 27.8. The Kier molecular flexibility index (Phi) is 6.25. The third kappa shape index (κ3) is 4.33. The van der Waals surface area contributed by atoms with Crippen molar-refractivity contribution >= 4 is 53.3 Å². The van der Waals surface area contributed by atoms with Crippen LogP contribution in [0.5, 0.6) is 0 Å². The second-order valence-corrected chi connectivity index (χ2v) is 14.7. The summed E-state index contributed by atoms with van der Waals surface area (Å²) in [6.07, 6.45) is 0. The summed E-state index contributed by atoms with van der Waals surface area (Å²) in [5.74, 6) is 0.250. The van der Waals surface area contributed by atoms with E-state index in [1.165, 1.54) is 97.7 Å². The third-order valence-electron chi connectivity index (χ3n) is 10.9. The topological polar surface area (TPSA) is 4.93 Å². The summed E-state index contributed by atoms with van der Waals surface area (Å²) in [6, 6.07) is 67.3. The molecule has 0 N–H and O–H groups in total. The molecular formula is C49H31NS. The second kappa shape index (κ2) is 11.1. The van der Waals surface area contributed by atoms with E-state index >= 15 is 0 Å². The van der Waals surface area contributed by atoms with E-state index in [-0.39, 0.29) is 5.92 Å². The van der Waals surface area contributed by atoms with E-state index in [1.54, 1.807) is 0 Å². The van der Waals surface area contributed by atoms with E-state index in [2.05, 4.69) is 187 Å². The maximum Gasteiger partial charge on any atom is 0.0555 e. The van der Waals surface area contributed by atoms with Gasteiger partial charge in [-0.2, -0.15) is 0 Å². The van der Waals surface area contributed by atoms with E-state index in [0.29, 0.717) is 0 Å². The molecule has 0 spiro atoms. The Morgan fingerprint density at radius 3 is 2.00 bits per heavy atom. The molecule has 2 heterocycles. The Hall–Kier alpha value is -6.22. The lowest BCUT2D eigenvalue weighted by Gasteiger charge is -2.14. The molecular weight excluding hydrogens is 635 g/mol. The van der Waals surface area contributed by atoms with Gasteiger partial charge < -0.3 is 4.57 Å². The standard InChI is InChI=1S/C49H31NS/c1-3-12-31(13-4-1)33-16-11-17-36(28-33)50-44-26-23-35(30-43(44)48-45(50)27-25-41-38-19-9-10-21-46(38)51-49(41)48)34-22-24-40-42(29-34)37-18-7-8-20-39(37)47(40)32-14-5-2-6-15-32/h1-30,47H. The van der Waals surface area contributed by atoms with Gasteiger partial charge in [0.15, 0.2) is 0 Å². The Labute approximate surface area is 300 Å². The maximum atomic E-state index is 2.47. The van der Waals surface area contributed by atoms with Crippen LogP contribution in [0.25, 0.3) is 81.0 Å². The van der Waals surface area contributed by atoms with Gasteiger partial charge in [-0.15, -0.1) is 11.3 Å². The first kappa shape index (κ1) is 28.6. The van der Waals surface area contributed by atoms with Gasteiger partial charge >= 0.3 is 0 Å². The van der Waals surface area contributed by atoms with Gasteiger partial charge in [-0.05, 0) is 92.5 Å². The minimum Gasteiger partial charge on any atom is -0.309 e. The highest BCUT2D eigenvalue weighted by Crippen LogP contribution is 2.50. The highest BCUT2D eigenvalue weighted by molar-refractivity contribution is 7.26. The van der Waals surface area contributed by atoms with Gasteiger partial charge in [-0.25, -0.2) is 0 Å². The van der Waals surface area contributed by atoms with E-state index in [9.17, 15) is 0 Å². The molecule has 1 atom stereocenters. The van der Waals surface area contributed by atoms with Crippen LogP contribution in [0.15, 0.2) is 182 Å². The van der Waals surface area contributed by atoms with Gasteiger partial charge in [0.25, 0.3) is 0 Å². The van der Waals surface area contributed by atoms with Gasteiger partial charge in [0.1, 0.15) is 0 Å². The van der Waals surface area contributed by atoms with Gasteiger partial charge in [0.05, 0.1) is 11.0 Å². The van der Waals surface area contributed by atoms with Crippen LogP contribution in [0.3, 0.4) is 0 Å². The largest absolute Gasteiger partial charge is 0.309 e. The van der Waals surface area contributed by atoms with Gasteiger partial charge in [-0.1, -0.05) is 140 Å². The zero-order chi connectivity index (χ0) is 33.5. The highest BCUT2D eigenvalue weighted by atomic mass is 32.1. The quantitative estimate of drug-likeness (QED) is 0.176. The lowest BCUT2D eigenvalue weighted by molar-refractivity contribution is 1.02. The Balaban J connectivity index is 1.15. The Bertz CT molecular complexity index is 2970. The summed E-state index contributed by atoms with van der Waals surface area (Å²) in [6.45, 7) is 0. The monoisotopic (exact) mass is 665 g/mol. The van der Waals surface area contributed by atoms with E-state index in [0.717, 1.165) is 0 Å². The number of thiophene rings is 1. The number of aromatic nitrogens is 1. The predicted molar refractivity (Wildman–Crippen MR) is 217 cm³/mol. The average Bonchev–Trinajstić information content (AvgIpc) is 3.86. The molecule has 0 amide bonds. The smallest absolute Gasteiger partial charge is 0.0555 e. The number of rotatable bonds is 4. The number of nitrogens with zero attached hydrogens (tertiary/aromatic N) is 1. The molecule has 0 saturated heterocycles. The summed E-state index contributed by atoms with van der Waals surface area (Å²) in [7, 11) is 0. The van der Waals surface area contributed by atoms with Crippen molar-refractivity contribution < 1.29 is 0 Å². The molecule has 2 heteroatoms. The zero-order valence-corrected chi connectivity index (χ0v) is 28.6. The molecule has 11 rings (SSSR count). The molecule has 51 heavy (non-hydrogen) atoms. The molecule has 238 valence electrons. The summed E-state index contributed by atoms with van der Waals surface area (Å²) in [5, 5.41) is 5.26. The Morgan fingerprint density at radius 1 is 0.412 bits per heavy atom. The van der Waals surface area contributed by atoms with E-state index in [4.69, 9.17) is 0 Å². The molecule has 2 aromatic heterocycles. The molecule has 0 saturated carbocycles. The number of hydrogen-bond acceptors (Lipinski definition) is 1. The molecule has 1 aliphatic rings. The fourth-order valence-corrected chi connectivity index (χ4v) is 9.85. The summed E-state index contributed by atoms with van der Waals surface area (Å²) < 4.78 is 5.14. The number of hydrogen-bond donors (Lipinski definition) is 0. The van der Waals surface area contributed by atoms with E-state index in [1.807, 2.05) is 11.3 Å². The predicted octanol–water partition coefficient (Wildman–Crippen LogP) is 13.6. The minimum atomic E-state index is 0.250. The summed E-state index contributed by atoms with van der Waals surface area (Å²) in [4.78, 5) is 0. The van der Waals surface area contributed by atoms with Crippen molar-refractivity contribution in [2.45, 2.75) is 5.92 Å². The van der Waals surface area contributed by atoms with Crippen LogP contribution in [0.1, 0.15) is 22.6 Å². The first-order valence-electron chi connectivity index (χ1n) is 17.6. The molecule has 0 aliphatic heterocycles. The van der Waals surface area contributed by atoms with Crippen LogP contribution in [0, 0.1) is 0 Å². The lowest BCUT2D eigenvalue weighted by Crippen LogP contribution is -1.98. The molecule has 0 fully saturated rings. The van der Waals surface area contributed by atoms with E-state index < -0.39 is 0 Å². The second-order valence-electron chi connectivity index (χ2n) is 13.7. The molecule has 1 aliphatic carbocycles. The maximum absolute atomic E-state index is 2.47. The van der Waals surface area contributed by atoms with Crippen LogP contribution in [-0.2, 0) is 0 Å². The Morgan fingerprint density at radius 2 is 1.10 bits per heavy atom. The molecule has 1 unspecified atom stereocenters. The van der Waals surface area contributed by atoms with Crippen LogP contribution < -0.4 is 0 Å². The number of fused-ring (bicyclic) bond motifs is 10. The van der Waals surface area contributed by atoms with Crippen LogP contribution in [0.2, 0.25) is 0 Å². The molecule has 10 aromatic rings. The molecule has 1 nitrogen and oxygen atoms in total. The van der Waals surface area contributed by atoms with Crippen molar-refractivity contribution in [1.29, 1.82) is 0 Å². The molecule has 0 radical (unpaired) electrons. The SMILES string of the molecule is c1ccc(-c2cccc(-n3c4ccc(-c5ccc6c(c5)-c5ccccc5C6c5ccccc5)cc4c4c5sc6ccccc6c5ccc43)c2)cc1. The first-order valence-corrected chi connectivity index (χ1v) is 18.4. The minimum absolute atomic E-state index is 0.250. The van der Waals surface area contributed by atoms with Crippen molar-refractivity contribution in [2.24, 2.45) is 0 Å². The van der Waals surface area contributed by atoms with Crippen molar-refractivity contribution in [1.82, 2.24) is 4.57 Å². The van der Waals surface area contributed by atoms with Crippen molar-refractivity contribution in [3.05, 3.63) is 199 Å². The van der Waals surface area contributed by atoms with Gasteiger partial charge in [-0.3, -0.25) is 0 Å². The van der Waals surface area contributed by atoms with Crippen LogP contribution in [-0.4, -0.2) is 4.57 Å². The normalized spacial score (nSPS) is 13.7. The van der Waals surface area contributed by atoms with Crippen molar-refractivity contribution in [3.8, 4) is 39.1 Å². The van der Waals surface area contributed by atoms with Gasteiger partial charge in [0, 0.05) is 42.6 Å². The van der Waals surface area contributed by atoms with Crippen molar-refractivity contribution in [2.75, 3.05) is 0 Å². The lowest BCUT2D eigenvalue weighted by atomic mass is 9.89.